The predicted octanol–water partition coefficient (Wildman–Crippen LogP) is 2.25. The van der Waals surface area contributed by atoms with Gasteiger partial charge in [0.15, 0.2) is 5.13 Å². The molecule has 2 rings (SSSR count). The standard InChI is InChI=1S/C11H14N4OS/c1-7(2)9-6-17-11(13-9)14-10(16)8-4-12-15(3)5-8/h4-7H,1-3H3,(H,13,14,16). The highest BCUT2D eigenvalue weighted by molar-refractivity contribution is 7.14. The van der Waals surface area contributed by atoms with Crippen molar-refractivity contribution in [1.29, 1.82) is 0 Å². The maximum absolute atomic E-state index is 11.8. The van der Waals surface area contributed by atoms with Crippen LogP contribution in [0.25, 0.3) is 0 Å². The molecule has 0 aliphatic carbocycles. The summed E-state index contributed by atoms with van der Waals surface area (Å²) < 4.78 is 1.59. The lowest BCUT2D eigenvalue weighted by molar-refractivity contribution is 0.102. The lowest BCUT2D eigenvalue weighted by atomic mass is 10.2. The normalized spacial score (nSPS) is 10.8. The summed E-state index contributed by atoms with van der Waals surface area (Å²) in [5.41, 5.74) is 1.53. The third kappa shape index (κ3) is 2.71. The number of aromatic nitrogens is 3. The smallest absolute Gasteiger partial charge is 0.260 e. The van der Waals surface area contributed by atoms with Crippen LogP contribution < -0.4 is 5.32 Å². The van der Waals surface area contributed by atoms with E-state index in [-0.39, 0.29) is 5.91 Å². The van der Waals surface area contributed by atoms with Gasteiger partial charge >= 0.3 is 0 Å². The Labute approximate surface area is 103 Å². The Hall–Kier alpha value is -1.69. The molecule has 2 heterocycles. The molecule has 17 heavy (non-hydrogen) atoms. The summed E-state index contributed by atoms with van der Waals surface area (Å²) in [6.07, 6.45) is 3.21. The first-order chi connectivity index (χ1) is 8.06. The van der Waals surface area contributed by atoms with E-state index in [4.69, 9.17) is 0 Å². The Kier molecular flexibility index (Phi) is 3.23. The van der Waals surface area contributed by atoms with E-state index < -0.39 is 0 Å². The predicted molar refractivity (Wildman–Crippen MR) is 67.4 cm³/mol. The highest BCUT2D eigenvalue weighted by atomic mass is 32.1. The number of amides is 1. The van der Waals surface area contributed by atoms with Crippen LogP contribution >= 0.6 is 11.3 Å². The van der Waals surface area contributed by atoms with E-state index in [2.05, 4.69) is 29.2 Å². The number of nitrogens with one attached hydrogen (secondary N) is 1. The van der Waals surface area contributed by atoms with Crippen LogP contribution in [-0.2, 0) is 7.05 Å². The van der Waals surface area contributed by atoms with Gasteiger partial charge in [-0.1, -0.05) is 13.8 Å². The second-order valence-corrected chi connectivity index (χ2v) is 4.95. The average molecular weight is 250 g/mol. The molecule has 0 aromatic carbocycles. The van der Waals surface area contributed by atoms with Crippen LogP contribution in [0.3, 0.4) is 0 Å². The third-order valence-electron chi connectivity index (χ3n) is 2.30. The minimum Gasteiger partial charge on any atom is -0.298 e. The Bertz CT molecular complexity index is 529. The molecule has 0 spiro atoms. The van der Waals surface area contributed by atoms with Gasteiger partial charge in [0, 0.05) is 18.6 Å². The Morgan fingerprint density at radius 3 is 2.82 bits per heavy atom. The fourth-order valence-electron chi connectivity index (χ4n) is 1.32. The first kappa shape index (κ1) is 11.8. The summed E-state index contributed by atoms with van der Waals surface area (Å²) in [4.78, 5) is 16.2. The molecule has 5 nitrogen and oxygen atoms in total. The Balaban J connectivity index is 2.07. The second kappa shape index (κ2) is 4.67. The zero-order valence-electron chi connectivity index (χ0n) is 9.97. The quantitative estimate of drug-likeness (QED) is 0.909. The minimum absolute atomic E-state index is 0.178. The van der Waals surface area contributed by atoms with Gasteiger partial charge in [0.2, 0.25) is 0 Å². The lowest BCUT2D eigenvalue weighted by Gasteiger charge is -1.99. The molecule has 2 aromatic rings. The summed E-state index contributed by atoms with van der Waals surface area (Å²) in [5, 5.41) is 9.30. The Morgan fingerprint density at radius 1 is 1.53 bits per heavy atom. The first-order valence-electron chi connectivity index (χ1n) is 5.31. The van der Waals surface area contributed by atoms with Crippen molar-refractivity contribution in [1.82, 2.24) is 14.8 Å². The van der Waals surface area contributed by atoms with E-state index in [1.807, 2.05) is 5.38 Å². The molecule has 6 heteroatoms. The van der Waals surface area contributed by atoms with E-state index in [1.165, 1.54) is 17.5 Å². The maximum Gasteiger partial charge on any atom is 0.260 e. The molecule has 0 unspecified atom stereocenters. The van der Waals surface area contributed by atoms with E-state index in [9.17, 15) is 4.79 Å². The average Bonchev–Trinajstić information content (AvgIpc) is 2.86. The van der Waals surface area contributed by atoms with Crippen LogP contribution in [0.2, 0.25) is 0 Å². The molecule has 0 aliphatic rings. The van der Waals surface area contributed by atoms with Crippen molar-refractivity contribution in [2.45, 2.75) is 19.8 Å². The summed E-state index contributed by atoms with van der Waals surface area (Å²) in [5.74, 6) is 0.193. The SMILES string of the molecule is CC(C)c1csc(NC(=O)c2cnn(C)c2)n1. The zero-order valence-corrected chi connectivity index (χ0v) is 10.8. The number of thiazole rings is 1. The van der Waals surface area contributed by atoms with Gasteiger partial charge in [0.25, 0.3) is 5.91 Å². The molecule has 1 N–H and O–H groups in total. The fraction of sp³-hybridized carbons (Fsp3) is 0.364. The molecule has 0 saturated carbocycles. The molecule has 0 bridgehead atoms. The minimum atomic E-state index is -0.178. The van der Waals surface area contributed by atoms with E-state index in [1.54, 1.807) is 17.9 Å². The molecule has 90 valence electrons. The van der Waals surface area contributed by atoms with Crippen molar-refractivity contribution >= 4 is 22.4 Å². The molecule has 0 aliphatic heterocycles. The number of aryl methyl sites for hydroxylation is 1. The summed E-state index contributed by atoms with van der Waals surface area (Å²) in [6.45, 7) is 4.14. The number of nitrogens with zero attached hydrogens (tertiary/aromatic N) is 3. The lowest BCUT2D eigenvalue weighted by Crippen LogP contribution is -2.11. The highest BCUT2D eigenvalue weighted by Crippen LogP contribution is 2.21. The zero-order chi connectivity index (χ0) is 12.4. The van der Waals surface area contributed by atoms with E-state index in [0.29, 0.717) is 16.6 Å². The van der Waals surface area contributed by atoms with Crippen LogP contribution in [0, 0.1) is 0 Å². The van der Waals surface area contributed by atoms with Crippen molar-refractivity contribution in [3.05, 3.63) is 29.0 Å². The van der Waals surface area contributed by atoms with E-state index >= 15 is 0 Å². The van der Waals surface area contributed by atoms with Gasteiger partial charge in [-0.2, -0.15) is 5.10 Å². The number of rotatable bonds is 3. The van der Waals surface area contributed by atoms with Gasteiger partial charge in [-0.15, -0.1) is 11.3 Å². The molecule has 0 saturated heterocycles. The largest absolute Gasteiger partial charge is 0.298 e. The molecule has 2 aromatic heterocycles. The van der Waals surface area contributed by atoms with Gasteiger partial charge < -0.3 is 0 Å². The fourth-order valence-corrected chi connectivity index (χ4v) is 2.18. The summed E-state index contributed by atoms with van der Waals surface area (Å²) in [7, 11) is 1.77. The molecule has 0 fully saturated rings. The monoisotopic (exact) mass is 250 g/mol. The van der Waals surface area contributed by atoms with Crippen LogP contribution in [-0.4, -0.2) is 20.7 Å². The van der Waals surface area contributed by atoms with Crippen LogP contribution in [0.4, 0.5) is 5.13 Å². The molecular formula is C11H14N4OS. The van der Waals surface area contributed by atoms with Crippen molar-refractivity contribution in [2.75, 3.05) is 5.32 Å². The van der Waals surface area contributed by atoms with Crippen molar-refractivity contribution < 1.29 is 4.79 Å². The highest BCUT2D eigenvalue weighted by Gasteiger charge is 2.11. The number of carbonyl (C=O) groups is 1. The first-order valence-corrected chi connectivity index (χ1v) is 6.19. The van der Waals surface area contributed by atoms with Crippen LogP contribution in [0.15, 0.2) is 17.8 Å². The molecule has 1 amide bonds. The topological polar surface area (TPSA) is 59.8 Å². The van der Waals surface area contributed by atoms with Gasteiger partial charge in [-0.25, -0.2) is 4.98 Å². The van der Waals surface area contributed by atoms with Crippen LogP contribution in [0.5, 0.6) is 0 Å². The molecule has 0 atom stereocenters. The van der Waals surface area contributed by atoms with Crippen molar-refractivity contribution in [3.63, 3.8) is 0 Å². The van der Waals surface area contributed by atoms with Gasteiger partial charge in [-0.05, 0) is 5.92 Å². The number of anilines is 1. The number of carbonyl (C=O) groups excluding carboxylic acids is 1. The Morgan fingerprint density at radius 2 is 2.29 bits per heavy atom. The summed E-state index contributed by atoms with van der Waals surface area (Å²) >= 11 is 1.44. The van der Waals surface area contributed by atoms with Gasteiger partial charge in [0.1, 0.15) is 0 Å². The number of hydrogen-bond donors (Lipinski definition) is 1. The second-order valence-electron chi connectivity index (χ2n) is 4.09. The van der Waals surface area contributed by atoms with E-state index in [0.717, 1.165) is 5.69 Å². The van der Waals surface area contributed by atoms with Gasteiger partial charge in [-0.3, -0.25) is 14.8 Å². The van der Waals surface area contributed by atoms with Crippen LogP contribution in [0.1, 0.15) is 35.8 Å². The third-order valence-corrected chi connectivity index (χ3v) is 3.08. The van der Waals surface area contributed by atoms with Crippen molar-refractivity contribution in [3.8, 4) is 0 Å². The molecule has 0 radical (unpaired) electrons. The maximum atomic E-state index is 11.8. The summed E-state index contributed by atoms with van der Waals surface area (Å²) in [6, 6.07) is 0. The molecular weight excluding hydrogens is 236 g/mol. The number of hydrogen-bond acceptors (Lipinski definition) is 4. The van der Waals surface area contributed by atoms with Gasteiger partial charge in [0.05, 0.1) is 17.5 Å². The van der Waals surface area contributed by atoms with Crippen molar-refractivity contribution in [2.24, 2.45) is 7.05 Å².